The molecule has 0 bridgehead atoms. The molecule has 0 saturated heterocycles. The molecule has 0 radical (unpaired) electrons. The molecule has 0 aromatic heterocycles. The van der Waals surface area contributed by atoms with Crippen LogP contribution in [-0.4, -0.2) is 33.2 Å². The third kappa shape index (κ3) is 4.61. The van der Waals surface area contributed by atoms with Gasteiger partial charge in [0.2, 0.25) is 15.9 Å². The zero-order valence-electron chi connectivity index (χ0n) is 11.9. The van der Waals surface area contributed by atoms with Gasteiger partial charge in [-0.3, -0.25) is 9.10 Å². The summed E-state index contributed by atoms with van der Waals surface area (Å²) in [5, 5.41) is 3.41. The summed E-state index contributed by atoms with van der Waals surface area (Å²) in [6.07, 6.45) is 5.23. The van der Waals surface area contributed by atoms with Gasteiger partial charge >= 0.3 is 0 Å². The summed E-state index contributed by atoms with van der Waals surface area (Å²) in [7, 11) is -3.53. The molecule has 5 nitrogen and oxygen atoms in total. The van der Waals surface area contributed by atoms with Crippen molar-refractivity contribution in [1.29, 1.82) is 0 Å². The van der Waals surface area contributed by atoms with Crippen molar-refractivity contribution in [2.24, 2.45) is 0 Å². The number of amides is 1. The lowest BCUT2D eigenvalue weighted by Gasteiger charge is -2.23. The average Bonchev–Trinajstić information content (AvgIpc) is 2.89. The summed E-state index contributed by atoms with van der Waals surface area (Å²) in [5.41, 5.74) is 0.434. The molecule has 0 spiro atoms. The van der Waals surface area contributed by atoms with Crippen molar-refractivity contribution in [1.82, 2.24) is 5.32 Å². The first-order valence-electron chi connectivity index (χ1n) is 6.89. The van der Waals surface area contributed by atoms with Crippen LogP contribution >= 0.6 is 11.6 Å². The first-order chi connectivity index (χ1) is 9.86. The number of hydrogen-bond donors (Lipinski definition) is 1. The van der Waals surface area contributed by atoms with Gasteiger partial charge in [0.1, 0.15) is 6.54 Å². The van der Waals surface area contributed by atoms with E-state index in [1.54, 1.807) is 24.3 Å². The first kappa shape index (κ1) is 16.1. The van der Waals surface area contributed by atoms with Crippen molar-refractivity contribution < 1.29 is 13.2 Å². The molecule has 1 N–H and O–H groups in total. The van der Waals surface area contributed by atoms with Gasteiger partial charge in [-0.2, -0.15) is 0 Å². The zero-order chi connectivity index (χ0) is 15.5. The molecule has 1 fully saturated rings. The van der Waals surface area contributed by atoms with Crippen LogP contribution in [0.2, 0.25) is 5.02 Å². The lowest BCUT2D eigenvalue weighted by molar-refractivity contribution is -0.120. The molecule has 1 aromatic rings. The highest BCUT2D eigenvalue weighted by atomic mass is 35.5. The van der Waals surface area contributed by atoms with E-state index in [4.69, 9.17) is 11.6 Å². The van der Waals surface area contributed by atoms with E-state index in [9.17, 15) is 13.2 Å². The molecule has 7 heteroatoms. The number of nitrogens with zero attached hydrogens (tertiary/aromatic N) is 1. The van der Waals surface area contributed by atoms with Gasteiger partial charge in [-0.1, -0.05) is 24.4 Å². The molecule has 1 aliphatic carbocycles. The third-order valence-corrected chi connectivity index (χ3v) is 4.91. The Morgan fingerprint density at radius 1 is 1.29 bits per heavy atom. The van der Waals surface area contributed by atoms with Gasteiger partial charge in [0.25, 0.3) is 0 Å². The quantitative estimate of drug-likeness (QED) is 0.899. The van der Waals surface area contributed by atoms with Crippen LogP contribution in [-0.2, 0) is 14.8 Å². The van der Waals surface area contributed by atoms with E-state index in [2.05, 4.69) is 5.32 Å². The van der Waals surface area contributed by atoms with E-state index >= 15 is 0 Å². The Kier molecular flexibility index (Phi) is 5.11. The van der Waals surface area contributed by atoms with Crippen LogP contribution in [0.25, 0.3) is 0 Å². The smallest absolute Gasteiger partial charge is 0.240 e. The van der Waals surface area contributed by atoms with Crippen LogP contribution in [0.15, 0.2) is 24.3 Å². The molecule has 0 heterocycles. The Balaban J connectivity index is 2.09. The molecular weight excluding hydrogens is 312 g/mol. The highest BCUT2D eigenvalue weighted by Gasteiger charge is 2.23. The topological polar surface area (TPSA) is 66.5 Å². The van der Waals surface area contributed by atoms with Crippen molar-refractivity contribution in [3.8, 4) is 0 Å². The minimum atomic E-state index is -3.53. The Labute approximate surface area is 130 Å². The summed E-state index contributed by atoms with van der Waals surface area (Å²) in [5.74, 6) is -0.276. The maximum absolute atomic E-state index is 12.1. The lowest BCUT2D eigenvalue weighted by atomic mass is 10.2. The summed E-state index contributed by atoms with van der Waals surface area (Å²) in [4.78, 5) is 12.1. The number of nitrogens with one attached hydrogen (secondary N) is 1. The molecule has 1 saturated carbocycles. The van der Waals surface area contributed by atoms with E-state index in [0.717, 1.165) is 36.2 Å². The zero-order valence-corrected chi connectivity index (χ0v) is 13.5. The van der Waals surface area contributed by atoms with Crippen molar-refractivity contribution in [2.45, 2.75) is 31.7 Å². The Bertz CT molecular complexity index is 595. The number of carbonyl (C=O) groups excluding carboxylic acids is 1. The maximum Gasteiger partial charge on any atom is 0.240 e. The summed E-state index contributed by atoms with van der Waals surface area (Å²) in [6, 6.07) is 6.55. The first-order valence-corrected chi connectivity index (χ1v) is 9.11. The summed E-state index contributed by atoms with van der Waals surface area (Å²) in [6.45, 7) is -0.211. The molecule has 21 heavy (non-hydrogen) atoms. The predicted octanol–water partition coefficient (Wildman–Crippen LogP) is 2.16. The summed E-state index contributed by atoms with van der Waals surface area (Å²) >= 11 is 5.80. The van der Waals surface area contributed by atoms with E-state index in [1.807, 2.05) is 0 Å². The van der Waals surface area contributed by atoms with Gasteiger partial charge in [0.05, 0.1) is 11.9 Å². The van der Waals surface area contributed by atoms with Crippen LogP contribution in [0.5, 0.6) is 0 Å². The molecule has 1 aliphatic rings. The molecular formula is C14H19ClN2O3S. The highest BCUT2D eigenvalue weighted by Crippen LogP contribution is 2.21. The SMILES string of the molecule is CS(=O)(=O)N(CC(=O)NC1CCCC1)c1ccc(Cl)cc1. The van der Waals surface area contributed by atoms with Crippen molar-refractivity contribution in [3.05, 3.63) is 29.3 Å². The number of sulfonamides is 1. The van der Waals surface area contributed by atoms with Crippen LogP contribution in [0, 0.1) is 0 Å². The van der Waals surface area contributed by atoms with Gasteiger partial charge in [0.15, 0.2) is 0 Å². The molecule has 0 atom stereocenters. The number of benzene rings is 1. The van der Waals surface area contributed by atoms with Crippen LogP contribution < -0.4 is 9.62 Å². The van der Waals surface area contributed by atoms with Crippen LogP contribution in [0.3, 0.4) is 0 Å². The Morgan fingerprint density at radius 3 is 2.38 bits per heavy atom. The van der Waals surface area contributed by atoms with Gasteiger partial charge in [-0.05, 0) is 37.1 Å². The standard InChI is InChI=1S/C14H19ClN2O3S/c1-21(19,20)17(13-8-6-11(15)7-9-13)10-14(18)16-12-4-2-3-5-12/h6-9,12H,2-5,10H2,1H3,(H,16,18). The second-order valence-electron chi connectivity index (χ2n) is 5.29. The van der Waals surface area contributed by atoms with Gasteiger partial charge in [-0.15, -0.1) is 0 Å². The summed E-state index contributed by atoms with van der Waals surface area (Å²) < 4.78 is 24.9. The second kappa shape index (κ2) is 6.66. The molecule has 1 aromatic carbocycles. The fourth-order valence-corrected chi connectivity index (χ4v) is 3.46. The molecule has 116 valence electrons. The molecule has 1 amide bonds. The number of rotatable bonds is 5. The second-order valence-corrected chi connectivity index (χ2v) is 7.64. The highest BCUT2D eigenvalue weighted by molar-refractivity contribution is 7.92. The normalized spacial score (nSPS) is 15.9. The molecule has 0 aliphatic heterocycles. The van der Waals surface area contributed by atoms with Crippen molar-refractivity contribution >= 4 is 33.2 Å². The fourth-order valence-electron chi connectivity index (χ4n) is 2.48. The Hall–Kier alpha value is -1.27. The van der Waals surface area contributed by atoms with Crippen molar-refractivity contribution in [2.75, 3.05) is 17.1 Å². The number of carbonyl (C=O) groups is 1. The van der Waals surface area contributed by atoms with E-state index < -0.39 is 10.0 Å². The molecule has 2 rings (SSSR count). The van der Waals surface area contributed by atoms with Crippen molar-refractivity contribution in [3.63, 3.8) is 0 Å². The van der Waals surface area contributed by atoms with E-state index in [0.29, 0.717) is 10.7 Å². The van der Waals surface area contributed by atoms with Gasteiger partial charge in [-0.25, -0.2) is 8.42 Å². The minimum Gasteiger partial charge on any atom is -0.352 e. The van der Waals surface area contributed by atoms with E-state index in [-0.39, 0.29) is 18.5 Å². The van der Waals surface area contributed by atoms with Crippen LogP contribution in [0.4, 0.5) is 5.69 Å². The van der Waals surface area contributed by atoms with Gasteiger partial charge < -0.3 is 5.32 Å². The predicted molar refractivity (Wildman–Crippen MR) is 84.0 cm³/mol. The minimum absolute atomic E-state index is 0.170. The fraction of sp³-hybridized carbons (Fsp3) is 0.500. The molecule has 0 unspecified atom stereocenters. The average molecular weight is 331 g/mol. The van der Waals surface area contributed by atoms with E-state index in [1.165, 1.54) is 0 Å². The monoisotopic (exact) mass is 330 g/mol. The third-order valence-electron chi connectivity index (χ3n) is 3.52. The van der Waals surface area contributed by atoms with Crippen LogP contribution in [0.1, 0.15) is 25.7 Å². The maximum atomic E-state index is 12.1. The number of hydrogen-bond acceptors (Lipinski definition) is 3. The Morgan fingerprint density at radius 2 is 1.86 bits per heavy atom. The number of halogens is 1. The van der Waals surface area contributed by atoms with Gasteiger partial charge in [0, 0.05) is 11.1 Å². The lowest BCUT2D eigenvalue weighted by Crippen LogP contribution is -2.43. The largest absolute Gasteiger partial charge is 0.352 e. The number of anilines is 1.